The zero-order valence-corrected chi connectivity index (χ0v) is 20.6. The standard InChI is InChI=1S/C25H31N5O2S/c1-6-30-23(22(16(2)3)27-24(32)19-13-11-17(4)12-14-19)28-29-25(30)33-15-21(31)26-20-10-8-7-9-18(20)5/h7-14,16,22H,6,15H2,1-5H3,(H,26,31)(H,27,32)/t22-/m0/s1. The highest BCUT2D eigenvalue weighted by Crippen LogP contribution is 2.26. The molecule has 7 nitrogen and oxygen atoms in total. The monoisotopic (exact) mass is 465 g/mol. The molecule has 0 radical (unpaired) electrons. The molecule has 33 heavy (non-hydrogen) atoms. The van der Waals surface area contributed by atoms with Gasteiger partial charge in [-0.1, -0.05) is 61.5 Å². The van der Waals surface area contributed by atoms with Gasteiger partial charge >= 0.3 is 0 Å². The Morgan fingerprint density at radius 3 is 2.36 bits per heavy atom. The van der Waals surface area contributed by atoms with Gasteiger partial charge in [0.25, 0.3) is 5.91 Å². The maximum absolute atomic E-state index is 12.8. The van der Waals surface area contributed by atoms with Crippen LogP contribution in [0.3, 0.4) is 0 Å². The van der Waals surface area contributed by atoms with E-state index in [9.17, 15) is 9.59 Å². The van der Waals surface area contributed by atoms with Crippen LogP contribution in [0.15, 0.2) is 53.7 Å². The third kappa shape index (κ3) is 6.22. The van der Waals surface area contributed by atoms with Crippen LogP contribution in [0, 0.1) is 19.8 Å². The molecular formula is C25H31N5O2S. The summed E-state index contributed by atoms with van der Waals surface area (Å²) in [6.45, 7) is 10.7. The van der Waals surface area contributed by atoms with E-state index in [1.807, 2.05) is 87.7 Å². The summed E-state index contributed by atoms with van der Waals surface area (Å²) in [7, 11) is 0. The normalized spacial score (nSPS) is 11.9. The van der Waals surface area contributed by atoms with Crippen molar-refractivity contribution in [1.29, 1.82) is 0 Å². The fourth-order valence-corrected chi connectivity index (χ4v) is 4.23. The van der Waals surface area contributed by atoms with E-state index in [1.165, 1.54) is 11.8 Å². The average Bonchev–Trinajstić information content (AvgIpc) is 3.20. The number of nitrogens with zero attached hydrogens (tertiary/aromatic N) is 3. The highest BCUT2D eigenvalue weighted by atomic mass is 32.2. The lowest BCUT2D eigenvalue weighted by atomic mass is 10.0. The number of rotatable bonds is 9. The minimum absolute atomic E-state index is 0.102. The van der Waals surface area contributed by atoms with Crippen LogP contribution in [0.2, 0.25) is 0 Å². The number of thioether (sulfide) groups is 1. The molecule has 2 N–H and O–H groups in total. The van der Waals surface area contributed by atoms with Crippen LogP contribution in [0.4, 0.5) is 5.69 Å². The molecule has 0 unspecified atom stereocenters. The summed E-state index contributed by atoms with van der Waals surface area (Å²) < 4.78 is 1.96. The molecule has 0 spiro atoms. The second kappa shape index (κ2) is 11.1. The largest absolute Gasteiger partial charge is 0.342 e. The first-order valence-electron chi connectivity index (χ1n) is 11.1. The van der Waals surface area contributed by atoms with E-state index in [-0.39, 0.29) is 29.5 Å². The minimum Gasteiger partial charge on any atom is -0.342 e. The number of hydrogen-bond donors (Lipinski definition) is 2. The van der Waals surface area contributed by atoms with Crippen LogP contribution in [-0.2, 0) is 11.3 Å². The summed E-state index contributed by atoms with van der Waals surface area (Å²) in [5.74, 6) is 0.765. The first-order chi connectivity index (χ1) is 15.8. The number of carbonyl (C=O) groups is 2. The van der Waals surface area contributed by atoms with Gasteiger partial charge in [0.2, 0.25) is 5.91 Å². The van der Waals surface area contributed by atoms with E-state index in [0.29, 0.717) is 23.1 Å². The molecule has 0 aliphatic heterocycles. The summed E-state index contributed by atoms with van der Waals surface area (Å²) >= 11 is 1.34. The number of nitrogens with one attached hydrogen (secondary N) is 2. The minimum atomic E-state index is -0.304. The average molecular weight is 466 g/mol. The van der Waals surface area contributed by atoms with Crippen molar-refractivity contribution in [2.75, 3.05) is 11.1 Å². The molecule has 0 bridgehead atoms. The lowest BCUT2D eigenvalue weighted by Gasteiger charge is -2.22. The summed E-state index contributed by atoms with van der Waals surface area (Å²) in [4.78, 5) is 25.3. The molecule has 3 aromatic rings. The summed E-state index contributed by atoms with van der Waals surface area (Å²) in [6, 6.07) is 14.9. The highest BCUT2D eigenvalue weighted by molar-refractivity contribution is 7.99. The predicted molar refractivity (Wildman–Crippen MR) is 132 cm³/mol. The van der Waals surface area contributed by atoms with Crippen molar-refractivity contribution in [2.24, 2.45) is 5.92 Å². The van der Waals surface area contributed by atoms with Crippen LogP contribution in [0.5, 0.6) is 0 Å². The van der Waals surface area contributed by atoms with Crippen molar-refractivity contribution in [3.05, 3.63) is 71.0 Å². The van der Waals surface area contributed by atoms with Crippen LogP contribution >= 0.6 is 11.8 Å². The van der Waals surface area contributed by atoms with Gasteiger partial charge in [-0.2, -0.15) is 0 Å². The maximum atomic E-state index is 12.8. The lowest BCUT2D eigenvalue weighted by Crippen LogP contribution is -2.33. The predicted octanol–water partition coefficient (Wildman–Crippen LogP) is 4.77. The maximum Gasteiger partial charge on any atom is 0.251 e. The Morgan fingerprint density at radius 2 is 1.73 bits per heavy atom. The van der Waals surface area contributed by atoms with E-state index in [1.54, 1.807) is 0 Å². The van der Waals surface area contributed by atoms with Crippen molar-refractivity contribution >= 4 is 29.3 Å². The summed E-state index contributed by atoms with van der Waals surface area (Å²) in [6.07, 6.45) is 0. The lowest BCUT2D eigenvalue weighted by molar-refractivity contribution is -0.113. The van der Waals surface area contributed by atoms with E-state index in [4.69, 9.17) is 0 Å². The number of anilines is 1. The topological polar surface area (TPSA) is 88.9 Å². The number of amides is 2. The SMILES string of the molecule is CCn1c(SCC(=O)Nc2ccccc2C)nnc1[C@@H](NC(=O)c1ccc(C)cc1)C(C)C. The zero-order chi connectivity index (χ0) is 24.0. The van der Waals surface area contributed by atoms with Gasteiger partial charge in [0.05, 0.1) is 11.8 Å². The van der Waals surface area contributed by atoms with Crippen LogP contribution in [0.25, 0.3) is 0 Å². The molecule has 0 aliphatic rings. The Labute approximate surface area is 199 Å². The molecule has 0 saturated carbocycles. The number of aromatic nitrogens is 3. The molecule has 2 amide bonds. The van der Waals surface area contributed by atoms with E-state index in [0.717, 1.165) is 16.8 Å². The Kier molecular flexibility index (Phi) is 8.27. The zero-order valence-electron chi connectivity index (χ0n) is 19.8. The van der Waals surface area contributed by atoms with Gasteiger partial charge in [0.15, 0.2) is 11.0 Å². The molecular weight excluding hydrogens is 434 g/mol. The van der Waals surface area contributed by atoms with E-state index >= 15 is 0 Å². The molecule has 0 aliphatic carbocycles. The van der Waals surface area contributed by atoms with Crippen molar-refractivity contribution < 1.29 is 9.59 Å². The third-order valence-corrected chi connectivity index (χ3v) is 6.33. The second-order valence-electron chi connectivity index (χ2n) is 8.30. The molecule has 0 fully saturated rings. The smallest absolute Gasteiger partial charge is 0.251 e. The van der Waals surface area contributed by atoms with E-state index < -0.39 is 0 Å². The van der Waals surface area contributed by atoms with Gasteiger partial charge in [0, 0.05) is 17.8 Å². The number of aryl methyl sites for hydroxylation is 2. The van der Waals surface area contributed by atoms with Crippen LogP contribution < -0.4 is 10.6 Å². The van der Waals surface area contributed by atoms with Gasteiger partial charge in [0.1, 0.15) is 0 Å². The number of para-hydroxylation sites is 1. The van der Waals surface area contributed by atoms with Crippen molar-refractivity contribution in [2.45, 2.75) is 52.4 Å². The van der Waals surface area contributed by atoms with Crippen molar-refractivity contribution in [3.8, 4) is 0 Å². The fraction of sp³-hybridized carbons (Fsp3) is 0.360. The van der Waals surface area contributed by atoms with Gasteiger partial charge in [-0.05, 0) is 50.5 Å². The van der Waals surface area contributed by atoms with Crippen molar-refractivity contribution in [1.82, 2.24) is 20.1 Å². The summed E-state index contributed by atoms with van der Waals surface area (Å²) in [5.41, 5.74) is 3.53. The molecule has 174 valence electrons. The highest BCUT2D eigenvalue weighted by Gasteiger charge is 2.26. The first-order valence-corrected chi connectivity index (χ1v) is 12.1. The summed E-state index contributed by atoms with van der Waals surface area (Å²) in [5, 5.41) is 15.4. The molecule has 3 rings (SSSR count). The van der Waals surface area contributed by atoms with Gasteiger partial charge in [-0.15, -0.1) is 10.2 Å². The third-order valence-electron chi connectivity index (χ3n) is 5.36. The molecule has 8 heteroatoms. The van der Waals surface area contributed by atoms with Crippen molar-refractivity contribution in [3.63, 3.8) is 0 Å². The van der Waals surface area contributed by atoms with Crippen LogP contribution in [0.1, 0.15) is 54.1 Å². The number of benzene rings is 2. The number of carbonyl (C=O) groups excluding carboxylic acids is 2. The molecule has 1 atom stereocenters. The fourth-order valence-electron chi connectivity index (χ4n) is 3.42. The molecule has 1 heterocycles. The first kappa shape index (κ1) is 24.5. The van der Waals surface area contributed by atoms with Gasteiger partial charge < -0.3 is 15.2 Å². The Morgan fingerprint density at radius 1 is 1.03 bits per heavy atom. The molecule has 2 aromatic carbocycles. The quantitative estimate of drug-likeness (QED) is 0.444. The van der Waals surface area contributed by atoms with Crippen LogP contribution in [-0.4, -0.2) is 32.3 Å². The van der Waals surface area contributed by atoms with E-state index in [2.05, 4.69) is 20.8 Å². The Hall–Kier alpha value is -3.13. The number of hydrogen-bond acceptors (Lipinski definition) is 5. The van der Waals surface area contributed by atoms with Gasteiger partial charge in [-0.3, -0.25) is 9.59 Å². The molecule has 0 saturated heterocycles. The van der Waals surface area contributed by atoms with Gasteiger partial charge in [-0.25, -0.2) is 0 Å². The Balaban J connectivity index is 1.71. The molecule has 1 aromatic heterocycles. The second-order valence-corrected chi connectivity index (χ2v) is 9.24. The Bertz CT molecular complexity index is 1110.